The highest BCUT2D eigenvalue weighted by atomic mass is 16.5. The van der Waals surface area contributed by atoms with Crippen molar-refractivity contribution in [3.63, 3.8) is 0 Å². The summed E-state index contributed by atoms with van der Waals surface area (Å²) in [5.41, 5.74) is 8.01. The van der Waals surface area contributed by atoms with Crippen molar-refractivity contribution in [2.75, 3.05) is 6.54 Å². The number of aryl methyl sites for hydroxylation is 1. The van der Waals surface area contributed by atoms with Crippen LogP contribution in [0.5, 0.6) is 0 Å². The van der Waals surface area contributed by atoms with Gasteiger partial charge in [-0.3, -0.25) is 0 Å². The summed E-state index contributed by atoms with van der Waals surface area (Å²) in [6.45, 7) is 6.71. The Kier molecular flexibility index (Phi) is 4.00. The van der Waals surface area contributed by atoms with Crippen LogP contribution >= 0.6 is 0 Å². The SMILES string of the molecule is CCC(C)(CN)c1nc(Cc2ccc(C)cc2)no1. The molecule has 1 aromatic carbocycles. The van der Waals surface area contributed by atoms with E-state index in [1.165, 1.54) is 11.1 Å². The Bertz CT molecular complexity index is 527. The van der Waals surface area contributed by atoms with Crippen molar-refractivity contribution in [3.05, 3.63) is 47.1 Å². The minimum atomic E-state index is -0.224. The molecule has 0 amide bonds. The minimum Gasteiger partial charge on any atom is -0.339 e. The molecule has 0 spiro atoms. The Hall–Kier alpha value is -1.68. The molecule has 1 aromatic heterocycles. The average molecular weight is 259 g/mol. The van der Waals surface area contributed by atoms with Crippen LogP contribution in [0.4, 0.5) is 0 Å². The first-order valence-electron chi connectivity index (χ1n) is 6.66. The number of benzene rings is 1. The highest BCUT2D eigenvalue weighted by molar-refractivity contribution is 5.23. The van der Waals surface area contributed by atoms with Gasteiger partial charge in [-0.05, 0) is 25.8 Å². The summed E-state index contributed by atoms with van der Waals surface area (Å²) >= 11 is 0. The molecule has 4 heteroatoms. The van der Waals surface area contributed by atoms with E-state index in [2.05, 4.69) is 55.2 Å². The van der Waals surface area contributed by atoms with Crippen molar-refractivity contribution in [2.45, 2.75) is 39.0 Å². The standard InChI is InChI=1S/C15H21N3O/c1-4-15(3,10-16)14-17-13(18-19-14)9-12-7-5-11(2)6-8-12/h5-8H,4,9-10,16H2,1-3H3. The topological polar surface area (TPSA) is 64.9 Å². The quantitative estimate of drug-likeness (QED) is 0.896. The molecule has 0 fully saturated rings. The summed E-state index contributed by atoms with van der Waals surface area (Å²) in [5.74, 6) is 1.35. The molecule has 0 bridgehead atoms. The van der Waals surface area contributed by atoms with E-state index >= 15 is 0 Å². The second-order valence-corrected chi connectivity index (χ2v) is 5.30. The molecule has 19 heavy (non-hydrogen) atoms. The lowest BCUT2D eigenvalue weighted by Crippen LogP contribution is -2.31. The summed E-state index contributed by atoms with van der Waals surface area (Å²) in [6.07, 6.45) is 1.57. The minimum absolute atomic E-state index is 0.224. The van der Waals surface area contributed by atoms with Gasteiger partial charge in [0, 0.05) is 13.0 Å². The van der Waals surface area contributed by atoms with E-state index in [1.807, 2.05) is 0 Å². The zero-order chi connectivity index (χ0) is 13.9. The van der Waals surface area contributed by atoms with Crippen LogP contribution < -0.4 is 5.73 Å². The predicted octanol–water partition coefficient (Wildman–Crippen LogP) is 2.60. The molecule has 1 heterocycles. The van der Waals surface area contributed by atoms with Crippen LogP contribution in [0.15, 0.2) is 28.8 Å². The van der Waals surface area contributed by atoms with Gasteiger partial charge in [0.05, 0.1) is 5.41 Å². The summed E-state index contributed by atoms with van der Waals surface area (Å²) in [7, 11) is 0. The van der Waals surface area contributed by atoms with Gasteiger partial charge in [0.15, 0.2) is 5.82 Å². The van der Waals surface area contributed by atoms with Crippen molar-refractivity contribution in [2.24, 2.45) is 5.73 Å². The molecular formula is C15H21N3O. The maximum atomic E-state index is 5.80. The maximum absolute atomic E-state index is 5.80. The molecule has 0 saturated carbocycles. The second-order valence-electron chi connectivity index (χ2n) is 5.30. The molecule has 1 unspecified atom stereocenters. The third-order valence-corrected chi connectivity index (χ3v) is 3.70. The van der Waals surface area contributed by atoms with Gasteiger partial charge in [-0.15, -0.1) is 0 Å². The van der Waals surface area contributed by atoms with Gasteiger partial charge in [-0.25, -0.2) is 0 Å². The molecule has 0 radical (unpaired) electrons. The number of nitrogens with two attached hydrogens (primary N) is 1. The van der Waals surface area contributed by atoms with Gasteiger partial charge in [0.2, 0.25) is 5.89 Å². The summed E-state index contributed by atoms with van der Waals surface area (Å²) < 4.78 is 5.37. The van der Waals surface area contributed by atoms with Crippen molar-refractivity contribution in [1.29, 1.82) is 0 Å². The van der Waals surface area contributed by atoms with Crippen LogP contribution in [0.3, 0.4) is 0 Å². The molecule has 2 N–H and O–H groups in total. The first-order chi connectivity index (χ1) is 9.07. The van der Waals surface area contributed by atoms with Crippen molar-refractivity contribution >= 4 is 0 Å². The molecule has 2 rings (SSSR count). The van der Waals surface area contributed by atoms with E-state index in [0.29, 0.717) is 24.7 Å². The van der Waals surface area contributed by atoms with E-state index < -0.39 is 0 Å². The maximum Gasteiger partial charge on any atom is 0.233 e. The van der Waals surface area contributed by atoms with Crippen LogP contribution in [0.2, 0.25) is 0 Å². The van der Waals surface area contributed by atoms with E-state index in [9.17, 15) is 0 Å². The van der Waals surface area contributed by atoms with Crippen molar-refractivity contribution in [1.82, 2.24) is 10.1 Å². The summed E-state index contributed by atoms with van der Waals surface area (Å²) in [6, 6.07) is 8.36. The highest BCUT2D eigenvalue weighted by Crippen LogP contribution is 2.24. The fraction of sp³-hybridized carbons (Fsp3) is 0.467. The molecule has 0 aliphatic carbocycles. The van der Waals surface area contributed by atoms with E-state index in [-0.39, 0.29) is 5.41 Å². The monoisotopic (exact) mass is 259 g/mol. The fourth-order valence-electron chi connectivity index (χ4n) is 1.84. The lowest BCUT2D eigenvalue weighted by atomic mass is 9.88. The lowest BCUT2D eigenvalue weighted by Gasteiger charge is -2.20. The average Bonchev–Trinajstić information content (AvgIpc) is 2.89. The Labute approximate surface area is 114 Å². The van der Waals surface area contributed by atoms with Crippen LogP contribution in [0, 0.1) is 6.92 Å². The van der Waals surface area contributed by atoms with Crippen LogP contribution in [0.25, 0.3) is 0 Å². The third kappa shape index (κ3) is 3.01. The molecular weight excluding hydrogens is 238 g/mol. The molecule has 1 atom stereocenters. The number of aromatic nitrogens is 2. The van der Waals surface area contributed by atoms with Crippen LogP contribution in [-0.2, 0) is 11.8 Å². The summed E-state index contributed by atoms with van der Waals surface area (Å²) in [4.78, 5) is 4.48. The smallest absolute Gasteiger partial charge is 0.233 e. The zero-order valence-corrected chi connectivity index (χ0v) is 11.8. The Morgan fingerprint density at radius 2 is 1.95 bits per heavy atom. The number of hydrogen-bond donors (Lipinski definition) is 1. The Balaban J connectivity index is 2.15. The lowest BCUT2D eigenvalue weighted by molar-refractivity contribution is 0.289. The van der Waals surface area contributed by atoms with Gasteiger partial charge >= 0.3 is 0 Å². The number of rotatable bonds is 5. The van der Waals surface area contributed by atoms with Gasteiger partial charge in [-0.1, -0.05) is 41.9 Å². The molecule has 0 aliphatic heterocycles. The zero-order valence-electron chi connectivity index (χ0n) is 11.8. The Morgan fingerprint density at radius 3 is 2.53 bits per heavy atom. The number of hydrogen-bond acceptors (Lipinski definition) is 4. The van der Waals surface area contributed by atoms with Gasteiger partial charge in [0.1, 0.15) is 0 Å². The van der Waals surface area contributed by atoms with E-state index in [0.717, 1.165) is 6.42 Å². The highest BCUT2D eigenvalue weighted by Gasteiger charge is 2.29. The number of nitrogens with zero attached hydrogens (tertiary/aromatic N) is 2. The fourth-order valence-corrected chi connectivity index (χ4v) is 1.84. The van der Waals surface area contributed by atoms with Gasteiger partial charge in [0.25, 0.3) is 0 Å². The molecule has 102 valence electrons. The van der Waals surface area contributed by atoms with Crippen LogP contribution in [-0.4, -0.2) is 16.7 Å². The largest absolute Gasteiger partial charge is 0.339 e. The predicted molar refractivity (Wildman–Crippen MR) is 75.0 cm³/mol. The van der Waals surface area contributed by atoms with Crippen molar-refractivity contribution in [3.8, 4) is 0 Å². The molecule has 0 saturated heterocycles. The van der Waals surface area contributed by atoms with E-state index in [1.54, 1.807) is 0 Å². The molecule has 4 nitrogen and oxygen atoms in total. The molecule has 2 aromatic rings. The van der Waals surface area contributed by atoms with Gasteiger partial charge < -0.3 is 10.3 Å². The third-order valence-electron chi connectivity index (χ3n) is 3.70. The van der Waals surface area contributed by atoms with Gasteiger partial charge in [-0.2, -0.15) is 4.98 Å². The van der Waals surface area contributed by atoms with Crippen LogP contribution in [0.1, 0.15) is 43.1 Å². The normalized spacial score (nSPS) is 14.3. The van der Waals surface area contributed by atoms with E-state index in [4.69, 9.17) is 10.3 Å². The summed E-state index contributed by atoms with van der Waals surface area (Å²) in [5, 5.41) is 4.05. The molecule has 0 aliphatic rings. The van der Waals surface area contributed by atoms with Crippen molar-refractivity contribution < 1.29 is 4.52 Å². The second kappa shape index (κ2) is 5.53. The first kappa shape index (κ1) is 13.7. The first-order valence-corrected chi connectivity index (χ1v) is 6.66. The Morgan fingerprint density at radius 1 is 1.26 bits per heavy atom.